The van der Waals surface area contributed by atoms with Crippen molar-refractivity contribution in [3.8, 4) is 22.9 Å². The van der Waals surface area contributed by atoms with Gasteiger partial charge in [-0.2, -0.15) is 5.10 Å². The van der Waals surface area contributed by atoms with E-state index < -0.39 is 10.8 Å². The van der Waals surface area contributed by atoms with E-state index in [2.05, 4.69) is 20.5 Å². The Kier molecular flexibility index (Phi) is 6.49. The van der Waals surface area contributed by atoms with E-state index in [1.165, 1.54) is 25.5 Å². The van der Waals surface area contributed by atoms with Gasteiger partial charge in [0.2, 0.25) is 5.75 Å². The third kappa shape index (κ3) is 4.70. The number of nitro benzene ring substituents is 1. The summed E-state index contributed by atoms with van der Waals surface area (Å²) in [5, 5.41) is 15.4. The Morgan fingerprint density at radius 1 is 1.21 bits per heavy atom. The topological polar surface area (TPSA) is 132 Å². The van der Waals surface area contributed by atoms with Gasteiger partial charge in [0.25, 0.3) is 5.91 Å². The maximum atomic E-state index is 12.6. The molecule has 0 aliphatic carbocycles. The van der Waals surface area contributed by atoms with Gasteiger partial charge >= 0.3 is 5.69 Å². The number of aromatic nitrogens is 2. The summed E-state index contributed by atoms with van der Waals surface area (Å²) in [7, 11) is 1.39. The Labute approximate surface area is 194 Å². The molecule has 2 N–H and O–H groups in total. The Bertz CT molecular complexity index is 1380. The van der Waals surface area contributed by atoms with Gasteiger partial charge in [0.15, 0.2) is 5.75 Å². The van der Waals surface area contributed by atoms with E-state index in [4.69, 9.17) is 9.47 Å². The molecule has 0 saturated carbocycles. The first-order valence-electron chi connectivity index (χ1n) is 10.4. The Balaban J connectivity index is 1.52. The fraction of sp³-hybridized carbons (Fsp3) is 0.125. The average molecular weight is 459 g/mol. The molecule has 3 aromatic carbocycles. The van der Waals surface area contributed by atoms with Crippen LogP contribution in [0.4, 0.5) is 5.69 Å². The molecule has 1 aromatic heterocycles. The lowest BCUT2D eigenvalue weighted by Gasteiger charge is -2.10. The number of aromatic amines is 1. The van der Waals surface area contributed by atoms with Gasteiger partial charge in [-0.1, -0.05) is 30.3 Å². The molecule has 0 spiro atoms. The van der Waals surface area contributed by atoms with Gasteiger partial charge in [0, 0.05) is 22.8 Å². The van der Waals surface area contributed by atoms with E-state index in [1.54, 1.807) is 25.1 Å². The van der Waals surface area contributed by atoms with Crippen LogP contribution in [0.3, 0.4) is 0 Å². The number of nitro groups is 1. The smallest absolute Gasteiger partial charge is 0.315 e. The van der Waals surface area contributed by atoms with Crippen molar-refractivity contribution in [3.63, 3.8) is 0 Å². The van der Waals surface area contributed by atoms with Gasteiger partial charge in [-0.3, -0.25) is 14.9 Å². The van der Waals surface area contributed by atoms with Gasteiger partial charge in [-0.15, -0.1) is 0 Å². The molecule has 10 nitrogen and oxygen atoms in total. The first-order chi connectivity index (χ1) is 16.5. The molecule has 1 heterocycles. The number of carbonyl (C=O) groups excluding carboxylic acids is 1. The van der Waals surface area contributed by atoms with Crippen LogP contribution in [0.15, 0.2) is 65.8 Å². The third-order valence-corrected chi connectivity index (χ3v) is 4.93. The van der Waals surface area contributed by atoms with Crippen LogP contribution < -0.4 is 14.9 Å². The summed E-state index contributed by atoms with van der Waals surface area (Å²) in [6.45, 7) is 1.96. The number of benzene rings is 3. The molecule has 10 heteroatoms. The zero-order valence-corrected chi connectivity index (χ0v) is 18.4. The van der Waals surface area contributed by atoms with E-state index in [9.17, 15) is 14.9 Å². The number of nitrogens with zero attached hydrogens (tertiary/aromatic N) is 3. The highest BCUT2D eigenvalue weighted by atomic mass is 16.6. The zero-order valence-electron chi connectivity index (χ0n) is 18.4. The second kappa shape index (κ2) is 9.82. The summed E-state index contributed by atoms with van der Waals surface area (Å²) in [5.41, 5.74) is 5.30. The second-order valence-corrected chi connectivity index (χ2v) is 7.14. The van der Waals surface area contributed by atoms with Gasteiger partial charge in [0.05, 0.1) is 35.9 Å². The number of hydrogen-bond acceptors (Lipinski definition) is 7. The number of nitrogens with one attached hydrogen (secondary N) is 2. The van der Waals surface area contributed by atoms with Crippen molar-refractivity contribution in [1.82, 2.24) is 15.4 Å². The van der Waals surface area contributed by atoms with Crippen molar-refractivity contribution in [2.75, 3.05) is 13.7 Å². The van der Waals surface area contributed by atoms with Crippen molar-refractivity contribution in [2.24, 2.45) is 5.10 Å². The lowest BCUT2D eigenvalue weighted by atomic mass is 10.2. The van der Waals surface area contributed by atoms with Crippen LogP contribution in [0, 0.1) is 10.1 Å². The average Bonchev–Trinajstić information content (AvgIpc) is 3.28. The summed E-state index contributed by atoms with van der Waals surface area (Å²) in [6.07, 6.45) is 1.30. The molecular weight excluding hydrogens is 438 g/mol. The fourth-order valence-corrected chi connectivity index (χ4v) is 3.37. The lowest BCUT2D eigenvalue weighted by Crippen LogP contribution is -2.17. The molecule has 4 aromatic rings. The number of H-pyrrole nitrogens is 1. The molecule has 0 aliphatic rings. The minimum absolute atomic E-state index is 0.0407. The number of rotatable bonds is 8. The highest BCUT2D eigenvalue weighted by Gasteiger charge is 2.21. The summed E-state index contributed by atoms with van der Waals surface area (Å²) >= 11 is 0. The third-order valence-electron chi connectivity index (χ3n) is 4.93. The summed E-state index contributed by atoms with van der Waals surface area (Å²) in [6, 6.07) is 17.6. The van der Waals surface area contributed by atoms with Crippen molar-refractivity contribution in [3.05, 3.63) is 81.9 Å². The molecule has 0 saturated heterocycles. The SMILES string of the molecule is CCOc1c(OC)cc(/C=N/NC(=O)c2ccc3nc(-c4ccccc4)[nH]c3c2)cc1[N+](=O)[O-]. The van der Waals surface area contributed by atoms with Crippen LogP contribution in [-0.4, -0.2) is 40.7 Å². The van der Waals surface area contributed by atoms with Crippen LogP contribution >= 0.6 is 0 Å². The second-order valence-electron chi connectivity index (χ2n) is 7.14. The maximum Gasteiger partial charge on any atom is 0.315 e. The predicted molar refractivity (Wildman–Crippen MR) is 127 cm³/mol. The molecule has 0 unspecified atom stereocenters. The minimum Gasteiger partial charge on any atom is -0.493 e. The summed E-state index contributed by atoms with van der Waals surface area (Å²) < 4.78 is 10.6. The van der Waals surface area contributed by atoms with Gasteiger partial charge in [0.1, 0.15) is 5.82 Å². The number of fused-ring (bicyclic) bond motifs is 1. The number of amides is 1. The largest absolute Gasteiger partial charge is 0.493 e. The quantitative estimate of drug-likeness (QED) is 0.229. The Morgan fingerprint density at radius 3 is 2.71 bits per heavy atom. The number of ether oxygens (including phenoxy) is 2. The molecule has 0 radical (unpaired) electrons. The number of hydrogen-bond donors (Lipinski definition) is 2. The van der Waals surface area contributed by atoms with Crippen LogP contribution in [0.25, 0.3) is 22.4 Å². The van der Waals surface area contributed by atoms with Crippen molar-refractivity contribution in [2.45, 2.75) is 6.92 Å². The molecule has 0 aliphatic heterocycles. The highest BCUT2D eigenvalue weighted by molar-refractivity contribution is 5.98. The molecule has 0 bridgehead atoms. The van der Waals surface area contributed by atoms with Crippen molar-refractivity contribution < 1.29 is 19.2 Å². The van der Waals surface area contributed by atoms with Crippen LogP contribution in [0.2, 0.25) is 0 Å². The molecule has 0 fully saturated rings. The van der Waals surface area contributed by atoms with Crippen molar-refractivity contribution >= 4 is 28.8 Å². The summed E-state index contributed by atoms with van der Waals surface area (Å²) in [4.78, 5) is 31.2. The maximum absolute atomic E-state index is 12.6. The molecule has 4 rings (SSSR count). The van der Waals surface area contributed by atoms with Crippen LogP contribution in [-0.2, 0) is 0 Å². The summed E-state index contributed by atoms with van der Waals surface area (Å²) in [5.74, 6) is 0.500. The number of carbonyl (C=O) groups is 1. The highest BCUT2D eigenvalue weighted by Crippen LogP contribution is 2.37. The lowest BCUT2D eigenvalue weighted by molar-refractivity contribution is -0.385. The van der Waals surface area contributed by atoms with Gasteiger partial charge in [-0.25, -0.2) is 10.4 Å². The number of hydrazone groups is 1. The van der Waals surface area contributed by atoms with E-state index in [1.807, 2.05) is 30.3 Å². The van der Waals surface area contributed by atoms with E-state index in [0.29, 0.717) is 22.5 Å². The Hall–Kier alpha value is -4.73. The Morgan fingerprint density at radius 2 is 2.00 bits per heavy atom. The van der Waals surface area contributed by atoms with Gasteiger partial charge < -0.3 is 14.5 Å². The molecular formula is C24H21N5O5. The number of imidazole rings is 1. The molecule has 1 amide bonds. The molecule has 172 valence electrons. The number of methoxy groups -OCH3 is 1. The fourth-order valence-electron chi connectivity index (χ4n) is 3.37. The van der Waals surface area contributed by atoms with Crippen LogP contribution in [0.5, 0.6) is 11.5 Å². The zero-order chi connectivity index (χ0) is 24.1. The standard InChI is InChI=1S/C24H21N5O5/c1-3-34-22-20(29(31)32)11-15(12-21(22)33-2)14-25-28-24(30)17-9-10-18-19(13-17)27-23(26-18)16-7-5-4-6-8-16/h4-14H,3H2,1-2H3,(H,26,27)(H,28,30)/b25-14+. The van der Waals surface area contributed by atoms with E-state index in [-0.39, 0.29) is 23.8 Å². The van der Waals surface area contributed by atoms with E-state index in [0.717, 1.165) is 11.1 Å². The first kappa shape index (κ1) is 22.5. The normalized spacial score (nSPS) is 11.0. The van der Waals surface area contributed by atoms with Crippen molar-refractivity contribution in [1.29, 1.82) is 0 Å². The molecule has 34 heavy (non-hydrogen) atoms. The van der Waals surface area contributed by atoms with Gasteiger partial charge in [-0.05, 0) is 31.2 Å². The predicted octanol–water partition coefficient (Wildman–Crippen LogP) is 4.31. The monoisotopic (exact) mass is 459 g/mol. The minimum atomic E-state index is -0.563. The first-order valence-corrected chi connectivity index (χ1v) is 10.4. The molecule has 0 atom stereocenters. The van der Waals surface area contributed by atoms with Crippen LogP contribution in [0.1, 0.15) is 22.8 Å². The van der Waals surface area contributed by atoms with E-state index >= 15 is 0 Å².